The highest BCUT2D eigenvalue weighted by atomic mass is 32.2. The topological polar surface area (TPSA) is 55.8 Å². The Labute approximate surface area is 182 Å². The molecule has 0 atom stereocenters. The zero-order valence-electron chi connectivity index (χ0n) is 17.1. The second-order valence-electron chi connectivity index (χ2n) is 6.84. The van der Waals surface area contributed by atoms with E-state index in [1.165, 1.54) is 11.8 Å². The van der Waals surface area contributed by atoms with Crippen molar-refractivity contribution in [2.24, 2.45) is 0 Å². The molecule has 5 nitrogen and oxygen atoms in total. The van der Waals surface area contributed by atoms with Crippen LogP contribution in [0.2, 0.25) is 0 Å². The maximum absolute atomic E-state index is 12.6. The first-order chi connectivity index (χ1) is 14.0. The summed E-state index contributed by atoms with van der Waals surface area (Å²) in [4.78, 5) is 26.6. The average molecular weight is 436 g/mol. The van der Waals surface area contributed by atoms with E-state index in [4.69, 9.17) is 21.7 Å². The van der Waals surface area contributed by atoms with Gasteiger partial charge in [-0.2, -0.15) is 0 Å². The van der Waals surface area contributed by atoms with E-state index in [-0.39, 0.29) is 11.9 Å². The van der Waals surface area contributed by atoms with Crippen LogP contribution in [0.1, 0.15) is 57.4 Å². The van der Waals surface area contributed by atoms with Crippen molar-refractivity contribution < 1.29 is 19.1 Å². The Morgan fingerprint density at radius 3 is 2.59 bits per heavy atom. The molecule has 1 aromatic rings. The first kappa shape index (κ1) is 23.4. The average Bonchev–Trinajstić information content (AvgIpc) is 2.98. The quantitative estimate of drug-likeness (QED) is 0.195. The van der Waals surface area contributed by atoms with Gasteiger partial charge in [0.25, 0.3) is 5.91 Å². The summed E-state index contributed by atoms with van der Waals surface area (Å²) in [5.74, 6) is 0.597. The minimum absolute atomic E-state index is 0.0499. The minimum atomic E-state index is -0.130. The Hall–Kier alpha value is -1.86. The third-order valence-electron chi connectivity index (χ3n) is 4.56. The number of esters is 1. The fourth-order valence-electron chi connectivity index (χ4n) is 2.87. The van der Waals surface area contributed by atoms with Gasteiger partial charge in [-0.15, -0.1) is 0 Å². The third-order valence-corrected chi connectivity index (χ3v) is 5.94. The Morgan fingerprint density at radius 1 is 1.14 bits per heavy atom. The molecular formula is C22H29NO4S2. The maximum atomic E-state index is 12.6. The lowest BCUT2D eigenvalue weighted by Gasteiger charge is -2.14. The molecule has 1 aliphatic heterocycles. The highest BCUT2D eigenvalue weighted by molar-refractivity contribution is 8.26. The second kappa shape index (κ2) is 12.6. The molecule has 0 unspecified atom stereocenters. The van der Waals surface area contributed by atoms with Crippen LogP contribution in [0.5, 0.6) is 5.75 Å². The van der Waals surface area contributed by atoms with Crippen molar-refractivity contribution in [3.8, 4) is 5.75 Å². The van der Waals surface area contributed by atoms with Crippen molar-refractivity contribution in [1.29, 1.82) is 0 Å². The number of amides is 1. The first-order valence-electron chi connectivity index (χ1n) is 10.1. The number of thiocarbonyl (C=S) groups is 1. The van der Waals surface area contributed by atoms with Gasteiger partial charge in [0.1, 0.15) is 10.1 Å². The van der Waals surface area contributed by atoms with Gasteiger partial charge in [0.15, 0.2) is 0 Å². The lowest BCUT2D eigenvalue weighted by molar-refractivity contribution is -0.144. The number of ether oxygens (including phenoxy) is 2. The molecule has 7 heteroatoms. The van der Waals surface area contributed by atoms with Crippen LogP contribution in [0.3, 0.4) is 0 Å². The Balaban J connectivity index is 1.71. The molecule has 0 aromatic heterocycles. The summed E-state index contributed by atoms with van der Waals surface area (Å²) in [5.41, 5.74) is 0.934. The third kappa shape index (κ3) is 7.82. The van der Waals surface area contributed by atoms with Crippen LogP contribution in [0, 0.1) is 0 Å². The van der Waals surface area contributed by atoms with Gasteiger partial charge in [-0.05, 0) is 43.0 Å². The normalized spacial score (nSPS) is 15.2. The zero-order chi connectivity index (χ0) is 21.1. The number of rotatable bonds is 12. The van der Waals surface area contributed by atoms with Crippen LogP contribution in [-0.2, 0) is 14.3 Å². The molecule has 2 rings (SSSR count). The van der Waals surface area contributed by atoms with Crippen molar-refractivity contribution >= 4 is 46.3 Å². The molecule has 0 bridgehead atoms. The number of carbonyl (C=O) groups is 2. The molecule has 1 amide bonds. The summed E-state index contributed by atoms with van der Waals surface area (Å²) >= 11 is 6.70. The Morgan fingerprint density at radius 2 is 1.90 bits per heavy atom. The number of hydrogen-bond acceptors (Lipinski definition) is 6. The molecule has 1 aromatic carbocycles. The molecule has 1 heterocycles. The van der Waals surface area contributed by atoms with Crippen LogP contribution in [0.15, 0.2) is 29.2 Å². The Kier molecular flexibility index (Phi) is 10.2. The first-order valence-corrected chi connectivity index (χ1v) is 11.3. The number of carbonyl (C=O) groups excluding carboxylic acids is 2. The molecule has 158 valence electrons. The molecule has 1 fully saturated rings. The van der Waals surface area contributed by atoms with Crippen molar-refractivity contribution in [2.45, 2.75) is 51.9 Å². The standard InChI is InChI=1S/C22H29NO4S2/c1-3-4-8-15-27-20(24)9-6-5-7-14-23-21(25)19(29-22(23)28)16-17-10-12-18(26-2)13-11-17/h10-13,16H,3-9,14-15H2,1-2H3/b19-16-. The fraction of sp³-hybridized carbons (Fsp3) is 0.500. The zero-order valence-corrected chi connectivity index (χ0v) is 18.8. The molecule has 0 spiro atoms. The summed E-state index contributed by atoms with van der Waals surface area (Å²) in [6.07, 6.45) is 7.86. The monoisotopic (exact) mass is 435 g/mol. The number of methoxy groups -OCH3 is 1. The van der Waals surface area contributed by atoms with Crippen LogP contribution in [0.25, 0.3) is 6.08 Å². The van der Waals surface area contributed by atoms with Gasteiger partial charge in [0.05, 0.1) is 18.6 Å². The van der Waals surface area contributed by atoms with E-state index < -0.39 is 0 Å². The predicted molar refractivity (Wildman–Crippen MR) is 122 cm³/mol. The Bertz CT molecular complexity index is 731. The fourth-order valence-corrected chi connectivity index (χ4v) is 4.18. The van der Waals surface area contributed by atoms with E-state index in [0.29, 0.717) is 28.8 Å². The lowest BCUT2D eigenvalue weighted by atomic mass is 10.2. The van der Waals surface area contributed by atoms with E-state index in [9.17, 15) is 9.59 Å². The number of hydrogen-bond donors (Lipinski definition) is 0. The maximum Gasteiger partial charge on any atom is 0.305 e. The highest BCUT2D eigenvalue weighted by Crippen LogP contribution is 2.33. The van der Waals surface area contributed by atoms with E-state index in [2.05, 4.69) is 6.92 Å². The van der Waals surface area contributed by atoms with Gasteiger partial charge >= 0.3 is 5.97 Å². The van der Waals surface area contributed by atoms with Gasteiger partial charge < -0.3 is 9.47 Å². The summed E-state index contributed by atoms with van der Waals surface area (Å²) in [6.45, 7) is 3.22. The van der Waals surface area contributed by atoms with E-state index in [1.54, 1.807) is 12.0 Å². The summed E-state index contributed by atoms with van der Waals surface area (Å²) in [5, 5.41) is 0. The molecule has 0 aliphatic carbocycles. The SMILES string of the molecule is CCCCCOC(=O)CCCCCN1C(=O)/C(=C/c2ccc(OC)cc2)SC1=S. The van der Waals surface area contributed by atoms with Crippen LogP contribution in [0.4, 0.5) is 0 Å². The van der Waals surface area contributed by atoms with E-state index in [1.807, 2.05) is 30.3 Å². The van der Waals surface area contributed by atoms with E-state index >= 15 is 0 Å². The molecule has 1 saturated heterocycles. The summed E-state index contributed by atoms with van der Waals surface area (Å²) < 4.78 is 10.9. The van der Waals surface area contributed by atoms with Crippen LogP contribution in [-0.4, -0.2) is 41.4 Å². The summed E-state index contributed by atoms with van der Waals surface area (Å²) in [6, 6.07) is 7.54. The molecule has 29 heavy (non-hydrogen) atoms. The number of benzene rings is 1. The molecular weight excluding hydrogens is 406 g/mol. The minimum Gasteiger partial charge on any atom is -0.497 e. The highest BCUT2D eigenvalue weighted by Gasteiger charge is 2.31. The van der Waals surface area contributed by atoms with Crippen LogP contribution >= 0.6 is 24.0 Å². The van der Waals surface area contributed by atoms with Gasteiger partial charge in [-0.25, -0.2) is 0 Å². The number of thioether (sulfide) groups is 1. The van der Waals surface area contributed by atoms with Gasteiger partial charge in [0.2, 0.25) is 0 Å². The molecule has 0 saturated carbocycles. The van der Waals surface area contributed by atoms with Crippen molar-refractivity contribution in [1.82, 2.24) is 4.90 Å². The molecule has 0 radical (unpaired) electrons. The molecule has 0 N–H and O–H groups in total. The second-order valence-corrected chi connectivity index (χ2v) is 8.52. The van der Waals surface area contributed by atoms with Crippen molar-refractivity contribution in [2.75, 3.05) is 20.3 Å². The van der Waals surface area contributed by atoms with Crippen LogP contribution < -0.4 is 4.74 Å². The number of unbranched alkanes of at least 4 members (excludes halogenated alkanes) is 4. The lowest BCUT2D eigenvalue weighted by Crippen LogP contribution is -2.29. The summed E-state index contributed by atoms with van der Waals surface area (Å²) in [7, 11) is 1.62. The number of nitrogens with zero attached hydrogens (tertiary/aromatic N) is 1. The van der Waals surface area contributed by atoms with Gasteiger partial charge in [-0.3, -0.25) is 14.5 Å². The van der Waals surface area contributed by atoms with Crippen molar-refractivity contribution in [3.05, 3.63) is 34.7 Å². The smallest absolute Gasteiger partial charge is 0.305 e. The van der Waals surface area contributed by atoms with Crippen molar-refractivity contribution in [3.63, 3.8) is 0 Å². The van der Waals surface area contributed by atoms with Gasteiger partial charge in [0, 0.05) is 13.0 Å². The van der Waals surface area contributed by atoms with Gasteiger partial charge in [-0.1, -0.05) is 62.3 Å². The molecule has 1 aliphatic rings. The van der Waals surface area contributed by atoms with E-state index in [0.717, 1.165) is 49.8 Å². The largest absolute Gasteiger partial charge is 0.497 e. The predicted octanol–water partition coefficient (Wildman–Crippen LogP) is 5.19.